The van der Waals surface area contributed by atoms with Gasteiger partial charge in [-0.15, -0.1) is 0 Å². The summed E-state index contributed by atoms with van der Waals surface area (Å²) in [4.78, 5) is 24.5. The van der Waals surface area contributed by atoms with Gasteiger partial charge in [-0.3, -0.25) is 9.36 Å². The maximum Gasteiger partial charge on any atom is 0.276 e. The zero-order valence-electron chi connectivity index (χ0n) is 11.1. The number of benzene rings is 1. The minimum Gasteiger partial charge on any atom is -0.319 e. The molecule has 22 heavy (non-hydrogen) atoms. The molecule has 0 fully saturated rings. The van der Waals surface area contributed by atoms with E-state index in [-0.39, 0.29) is 10.7 Å². The van der Waals surface area contributed by atoms with E-state index in [0.29, 0.717) is 16.7 Å². The lowest BCUT2D eigenvalue weighted by molar-refractivity contribution is 0.102. The van der Waals surface area contributed by atoms with E-state index in [2.05, 4.69) is 20.3 Å². The summed E-state index contributed by atoms with van der Waals surface area (Å²) in [6.45, 7) is 0. The predicted molar refractivity (Wildman–Crippen MR) is 83.6 cm³/mol. The van der Waals surface area contributed by atoms with Crippen molar-refractivity contribution in [2.45, 2.75) is 0 Å². The second-order valence-corrected chi connectivity index (χ2v) is 5.08. The number of nitrogens with one attached hydrogen (secondary N) is 1. The quantitative estimate of drug-likeness (QED) is 0.798. The van der Waals surface area contributed by atoms with Crippen LogP contribution in [0.1, 0.15) is 10.5 Å². The molecule has 2 heterocycles. The number of anilines is 1. The Morgan fingerprint density at radius 1 is 1.18 bits per heavy atom. The van der Waals surface area contributed by atoms with Gasteiger partial charge in [0.2, 0.25) is 5.95 Å². The standard InChI is InChI=1S/C14H9Cl2N5O/c15-9-3-1-2-4-11(9)19-13(22)12-10(16)7-18-14(20-12)21-6-5-17-8-21/h1-8H,(H,19,22). The smallest absolute Gasteiger partial charge is 0.276 e. The van der Waals surface area contributed by atoms with Crippen LogP contribution in [0.15, 0.2) is 49.2 Å². The van der Waals surface area contributed by atoms with Crippen molar-refractivity contribution in [3.05, 3.63) is 64.9 Å². The molecule has 0 bridgehead atoms. The Morgan fingerprint density at radius 2 is 2.00 bits per heavy atom. The minimum atomic E-state index is -0.470. The normalized spacial score (nSPS) is 10.5. The molecule has 1 amide bonds. The molecular formula is C14H9Cl2N5O. The molecule has 0 atom stereocenters. The molecule has 0 unspecified atom stereocenters. The molecule has 1 aromatic carbocycles. The van der Waals surface area contributed by atoms with Crippen molar-refractivity contribution in [1.82, 2.24) is 19.5 Å². The van der Waals surface area contributed by atoms with Gasteiger partial charge in [0.25, 0.3) is 5.91 Å². The molecule has 110 valence electrons. The number of aromatic nitrogens is 4. The topological polar surface area (TPSA) is 72.7 Å². The number of imidazole rings is 1. The number of carbonyl (C=O) groups is 1. The van der Waals surface area contributed by atoms with E-state index in [4.69, 9.17) is 23.2 Å². The summed E-state index contributed by atoms with van der Waals surface area (Å²) in [5.41, 5.74) is 0.535. The van der Waals surface area contributed by atoms with Crippen molar-refractivity contribution >= 4 is 34.8 Å². The maximum atomic E-state index is 12.3. The fraction of sp³-hybridized carbons (Fsp3) is 0. The summed E-state index contributed by atoms with van der Waals surface area (Å²) in [6.07, 6.45) is 6.14. The highest BCUT2D eigenvalue weighted by molar-refractivity contribution is 6.35. The van der Waals surface area contributed by atoms with Gasteiger partial charge in [0.15, 0.2) is 5.69 Å². The van der Waals surface area contributed by atoms with Crippen molar-refractivity contribution in [3.63, 3.8) is 0 Å². The fourth-order valence-corrected chi connectivity index (χ4v) is 2.12. The third-order valence-electron chi connectivity index (χ3n) is 2.80. The lowest BCUT2D eigenvalue weighted by atomic mass is 10.3. The van der Waals surface area contributed by atoms with Gasteiger partial charge in [0, 0.05) is 12.4 Å². The van der Waals surface area contributed by atoms with Crippen LogP contribution in [0.4, 0.5) is 5.69 Å². The summed E-state index contributed by atoms with van der Waals surface area (Å²) in [5.74, 6) is -0.173. The van der Waals surface area contributed by atoms with Crippen LogP contribution < -0.4 is 5.32 Å². The van der Waals surface area contributed by atoms with Gasteiger partial charge in [0.05, 0.1) is 21.9 Å². The lowest BCUT2D eigenvalue weighted by Gasteiger charge is -2.08. The van der Waals surface area contributed by atoms with Crippen molar-refractivity contribution in [1.29, 1.82) is 0 Å². The molecule has 3 rings (SSSR count). The maximum absolute atomic E-state index is 12.3. The van der Waals surface area contributed by atoms with E-state index in [1.54, 1.807) is 41.2 Å². The van der Waals surface area contributed by atoms with Gasteiger partial charge < -0.3 is 5.32 Å². The number of halogens is 2. The van der Waals surface area contributed by atoms with Gasteiger partial charge in [0.1, 0.15) is 6.33 Å². The number of rotatable bonds is 3. The van der Waals surface area contributed by atoms with E-state index in [1.807, 2.05) is 0 Å². The molecular weight excluding hydrogens is 325 g/mol. The molecule has 0 radical (unpaired) electrons. The average molecular weight is 334 g/mol. The highest BCUT2D eigenvalue weighted by atomic mass is 35.5. The monoisotopic (exact) mass is 333 g/mol. The first kappa shape index (κ1) is 14.5. The molecule has 8 heteroatoms. The molecule has 0 saturated heterocycles. The first-order chi connectivity index (χ1) is 10.6. The second kappa shape index (κ2) is 6.13. The van der Waals surface area contributed by atoms with Crippen molar-refractivity contribution in [2.75, 3.05) is 5.32 Å². The van der Waals surface area contributed by atoms with Gasteiger partial charge >= 0.3 is 0 Å². The molecule has 6 nitrogen and oxygen atoms in total. The Bertz CT molecular complexity index is 820. The molecule has 0 aliphatic heterocycles. The number of amides is 1. The zero-order valence-corrected chi connectivity index (χ0v) is 12.6. The molecule has 2 aromatic heterocycles. The molecule has 0 aliphatic rings. The van der Waals surface area contributed by atoms with Gasteiger partial charge in [-0.1, -0.05) is 35.3 Å². The number of hydrogen-bond acceptors (Lipinski definition) is 4. The highest BCUT2D eigenvalue weighted by Crippen LogP contribution is 2.22. The third kappa shape index (κ3) is 2.93. The third-order valence-corrected chi connectivity index (χ3v) is 3.41. The summed E-state index contributed by atoms with van der Waals surface area (Å²) >= 11 is 12.0. The SMILES string of the molecule is O=C(Nc1ccccc1Cl)c1nc(-n2ccnc2)ncc1Cl. The first-order valence-corrected chi connectivity index (χ1v) is 6.97. The van der Waals surface area contributed by atoms with Gasteiger partial charge in [-0.25, -0.2) is 15.0 Å². The minimum absolute atomic E-state index is 0.0558. The molecule has 0 spiro atoms. The Morgan fingerprint density at radius 3 is 2.73 bits per heavy atom. The van der Waals surface area contributed by atoms with E-state index < -0.39 is 5.91 Å². The van der Waals surface area contributed by atoms with Crippen LogP contribution in [0.25, 0.3) is 5.95 Å². The number of nitrogens with zero attached hydrogens (tertiary/aromatic N) is 4. The number of para-hydroxylation sites is 1. The van der Waals surface area contributed by atoms with Gasteiger partial charge in [-0.05, 0) is 12.1 Å². The van der Waals surface area contributed by atoms with Crippen LogP contribution in [0.2, 0.25) is 10.0 Å². The van der Waals surface area contributed by atoms with E-state index >= 15 is 0 Å². The molecule has 3 aromatic rings. The van der Waals surface area contributed by atoms with Crippen LogP contribution in [-0.2, 0) is 0 Å². The van der Waals surface area contributed by atoms with E-state index in [0.717, 1.165) is 0 Å². The number of hydrogen-bond donors (Lipinski definition) is 1. The van der Waals surface area contributed by atoms with E-state index in [9.17, 15) is 4.79 Å². The summed E-state index contributed by atoms with van der Waals surface area (Å²) in [7, 11) is 0. The largest absolute Gasteiger partial charge is 0.319 e. The van der Waals surface area contributed by atoms with Crippen LogP contribution in [0.3, 0.4) is 0 Å². The van der Waals surface area contributed by atoms with E-state index in [1.165, 1.54) is 12.5 Å². The van der Waals surface area contributed by atoms with Crippen LogP contribution in [0, 0.1) is 0 Å². The van der Waals surface area contributed by atoms with Gasteiger partial charge in [-0.2, -0.15) is 0 Å². The first-order valence-electron chi connectivity index (χ1n) is 6.22. The Labute approximate surface area is 135 Å². The second-order valence-electron chi connectivity index (χ2n) is 4.27. The lowest BCUT2D eigenvalue weighted by Crippen LogP contribution is -2.16. The Balaban J connectivity index is 1.92. The molecule has 1 N–H and O–H groups in total. The van der Waals surface area contributed by atoms with Crippen molar-refractivity contribution < 1.29 is 4.79 Å². The average Bonchev–Trinajstić information content (AvgIpc) is 3.04. The summed E-state index contributed by atoms with van der Waals surface area (Å²) in [5, 5.41) is 3.24. The Hall–Kier alpha value is -2.44. The summed E-state index contributed by atoms with van der Waals surface area (Å²) in [6, 6.07) is 6.90. The molecule has 0 aliphatic carbocycles. The highest BCUT2D eigenvalue weighted by Gasteiger charge is 2.16. The van der Waals surface area contributed by atoms with Crippen LogP contribution in [-0.4, -0.2) is 25.4 Å². The fourth-order valence-electron chi connectivity index (χ4n) is 1.76. The zero-order chi connectivity index (χ0) is 15.5. The van der Waals surface area contributed by atoms with Crippen LogP contribution >= 0.6 is 23.2 Å². The number of carbonyl (C=O) groups excluding carboxylic acids is 1. The summed E-state index contributed by atoms with van der Waals surface area (Å²) < 4.78 is 1.57. The molecule has 0 saturated carbocycles. The van der Waals surface area contributed by atoms with Crippen molar-refractivity contribution in [3.8, 4) is 5.95 Å². The van der Waals surface area contributed by atoms with Crippen molar-refractivity contribution in [2.24, 2.45) is 0 Å². The Kier molecular flexibility index (Phi) is 4.04. The van der Waals surface area contributed by atoms with Crippen LogP contribution in [0.5, 0.6) is 0 Å². The predicted octanol–water partition coefficient (Wildman–Crippen LogP) is 3.22.